The Bertz CT molecular complexity index is 1670. The van der Waals surface area contributed by atoms with Gasteiger partial charge in [-0.1, -0.05) is 0 Å². The molecule has 0 saturated carbocycles. The Labute approximate surface area is 177 Å². The van der Waals surface area contributed by atoms with Crippen molar-refractivity contribution >= 4 is 11.8 Å². The molecule has 0 N–H and O–H groups in total. The summed E-state index contributed by atoms with van der Waals surface area (Å²) in [5.74, 6) is 0. The average molecular weight is 460 g/mol. The summed E-state index contributed by atoms with van der Waals surface area (Å²) in [6.07, 6.45) is 0. The molecule has 4 unspecified atom stereocenters. The van der Waals surface area contributed by atoms with E-state index in [0.717, 1.165) is 4.31 Å². The number of thioether (sulfide) groups is 1. The van der Waals surface area contributed by atoms with Crippen LogP contribution in [-0.2, 0) is 11.3 Å². The van der Waals surface area contributed by atoms with Crippen LogP contribution in [0, 0.1) is 0 Å². The average Bonchev–Trinajstić information content (AvgIpc) is 3.78. The standard InChI is InChI=1S/C24H19S.C5H5.Fe/c1-4-12-20(13-5-1)24(22-16-10-11-17-22,21-14-6-2-7-15-21)25-23-18-8-3-9-19-23;1-2-4-5-3-1;/h1-19H;1-5H;. The molecule has 4 atom stereocenters. The van der Waals surface area contributed by atoms with Gasteiger partial charge in [-0.2, -0.15) is 0 Å². The molecule has 0 nitrogen and oxygen atoms in total. The minimum atomic E-state index is -3.41. The van der Waals surface area contributed by atoms with Gasteiger partial charge >= 0.3 is 178 Å². The number of rotatable bonds is 5. The Morgan fingerprint density at radius 1 is 0.548 bits per heavy atom. The van der Waals surface area contributed by atoms with Crippen molar-refractivity contribution < 1.29 is 6.51 Å². The molecular weight excluding hydrogens is 436 g/mol. The molecule has 2 heteroatoms. The van der Waals surface area contributed by atoms with Crippen LogP contribution in [0.25, 0.3) is 0 Å². The van der Waals surface area contributed by atoms with E-state index in [4.69, 9.17) is 0 Å². The molecule has 13 rings (SSSR count). The van der Waals surface area contributed by atoms with Crippen LogP contribution >= 0.6 is 11.8 Å². The first-order valence-electron chi connectivity index (χ1n) is 12.1. The number of benzene rings is 3. The Morgan fingerprint density at radius 2 is 0.968 bits per heavy atom. The van der Waals surface area contributed by atoms with Gasteiger partial charge in [0.25, 0.3) is 0 Å². The van der Waals surface area contributed by atoms with Crippen LogP contribution < -0.4 is 0 Å². The van der Waals surface area contributed by atoms with E-state index < -0.39 is 6.51 Å². The summed E-state index contributed by atoms with van der Waals surface area (Å²) in [5.41, 5.74) is 3.26. The van der Waals surface area contributed by atoms with Gasteiger partial charge in [-0.25, -0.2) is 0 Å². The Hall–Kier alpha value is -1.47. The van der Waals surface area contributed by atoms with Crippen LogP contribution in [0.4, 0.5) is 0 Å². The topological polar surface area (TPSA) is 0 Å². The van der Waals surface area contributed by atoms with Gasteiger partial charge in [0, 0.05) is 0 Å². The quantitative estimate of drug-likeness (QED) is 0.272. The van der Waals surface area contributed by atoms with E-state index in [9.17, 15) is 0 Å². The second-order valence-electron chi connectivity index (χ2n) is 14.5. The van der Waals surface area contributed by atoms with E-state index in [-0.39, 0.29) is 4.75 Å². The molecule has 10 heterocycles. The molecule has 3 aromatic carbocycles. The van der Waals surface area contributed by atoms with Gasteiger partial charge in [-0.3, -0.25) is 0 Å². The zero-order valence-electron chi connectivity index (χ0n) is 17.1. The Balaban J connectivity index is 1.24. The summed E-state index contributed by atoms with van der Waals surface area (Å²) >= 11 is 2.28. The Kier molecular flexibility index (Phi) is 0.841. The Morgan fingerprint density at radius 3 is 1.32 bits per heavy atom. The summed E-state index contributed by atoms with van der Waals surface area (Å²) < 4.78 is 0.876. The third kappa shape index (κ3) is 0.294. The van der Waals surface area contributed by atoms with Crippen molar-refractivity contribution in [1.82, 2.24) is 0 Å². The molecule has 0 radical (unpaired) electrons. The fourth-order valence-corrected chi connectivity index (χ4v) is 98.3. The molecule has 0 amide bonds. The summed E-state index contributed by atoms with van der Waals surface area (Å²) in [6.45, 7) is -3.41. The number of fused-ring (bicyclic) bond motifs is 10. The molecule has 0 aliphatic carbocycles. The van der Waals surface area contributed by atoms with E-state index in [1.54, 1.807) is 11.1 Å². The minimum absolute atomic E-state index is 0.145. The third-order valence-electron chi connectivity index (χ3n) is 18.6. The SMILES string of the molecule is c1ccc(SC(c2ccccc2)(c2ccccc2)[C]23[CH]4[CH]5[CH]6[CH]2[Fe]56432789[CH]3[CH]2[CH]7[CH]8[CH]39)cc1. The van der Waals surface area contributed by atoms with E-state index in [1.807, 2.05) is 0 Å². The molecule has 10 aliphatic rings. The molecule has 10 fully saturated rings. The van der Waals surface area contributed by atoms with E-state index in [2.05, 4.69) is 103 Å². The van der Waals surface area contributed by atoms with Gasteiger partial charge in [-0.15, -0.1) is 0 Å². The van der Waals surface area contributed by atoms with Gasteiger partial charge in [0.2, 0.25) is 0 Å². The molecule has 1 spiro atoms. The van der Waals surface area contributed by atoms with Crippen molar-refractivity contribution in [1.29, 1.82) is 0 Å². The molecular formula is C29H24FeS. The summed E-state index contributed by atoms with van der Waals surface area (Å²) in [7, 11) is 0. The first kappa shape index (κ1) is 13.9. The van der Waals surface area contributed by atoms with Gasteiger partial charge in [0.05, 0.1) is 0 Å². The van der Waals surface area contributed by atoms with Crippen molar-refractivity contribution in [3.8, 4) is 0 Å². The fraction of sp³-hybridized carbons (Fsp3) is 0.379. The maximum absolute atomic E-state index is 3.41. The predicted molar refractivity (Wildman–Crippen MR) is 122 cm³/mol. The third-order valence-corrected chi connectivity index (χ3v) is 62.8. The summed E-state index contributed by atoms with van der Waals surface area (Å²) in [5, 5.41) is 0. The van der Waals surface area contributed by atoms with Crippen molar-refractivity contribution in [3.63, 3.8) is 0 Å². The molecule has 10 aliphatic heterocycles. The van der Waals surface area contributed by atoms with Gasteiger partial charge in [0.1, 0.15) is 0 Å². The van der Waals surface area contributed by atoms with E-state index in [1.165, 1.54) is 48.2 Å². The number of hydrogen-bond donors (Lipinski definition) is 0. The van der Waals surface area contributed by atoms with Gasteiger partial charge in [-0.05, 0) is 0 Å². The zero-order chi connectivity index (χ0) is 19.6. The summed E-state index contributed by atoms with van der Waals surface area (Å²) in [6, 6.07) is 35.2. The van der Waals surface area contributed by atoms with Crippen molar-refractivity contribution in [2.24, 2.45) is 0 Å². The van der Waals surface area contributed by atoms with Gasteiger partial charge in [0.15, 0.2) is 0 Å². The second kappa shape index (κ2) is 1.87. The van der Waals surface area contributed by atoms with Crippen molar-refractivity contribution in [3.05, 3.63) is 102 Å². The van der Waals surface area contributed by atoms with E-state index >= 15 is 0 Å². The van der Waals surface area contributed by atoms with E-state index in [0.29, 0.717) is 0 Å². The first-order valence-corrected chi connectivity index (χ1v) is 19.3. The monoisotopic (exact) mass is 460 g/mol. The molecule has 31 heavy (non-hydrogen) atoms. The van der Waals surface area contributed by atoms with Crippen LogP contribution in [0.5, 0.6) is 0 Å². The molecule has 0 aromatic heterocycles. The molecule has 10 saturated heterocycles. The van der Waals surface area contributed by atoms with Crippen molar-refractivity contribution in [2.75, 3.05) is 0 Å². The van der Waals surface area contributed by atoms with Gasteiger partial charge < -0.3 is 0 Å². The number of hydrogen-bond acceptors (Lipinski definition) is 1. The van der Waals surface area contributed by atoms with Crippen molar-refractivity contribution in [2.45, 2.75) is 57.3 Å². The van der Waals surface area contributed by atoms with Crippen LogP contribution in [0.2, 0.25) is 47.7 Å². The molecule has 154 valence electrons. The maximum atomic E-state index is 2.51. The fourth-order valence-electron chi connectivity index (χ4n) is 20.0. The second-order valence-corrected chi connectivity index (χ2v) is 39.4. The van der Waals surface area contributed by atoms with Crippen LogP contribution in [0.1, 0.15) is 11.1 Å². The molecule has 0 bridgehead atoms. The zero-order valence-corrected chi connectivity index (χ0v) is 19.0. The van der Waals surface area contributed by atoms with Crippen LogP contribution in [0.15, 0.2) is 95.9 Å². The summed E-state index contributed by atoms with van der Waals surface area (Å²) in [4.78, 5) is 13.4. The van der Waals surface area contributed by atoms with Crippen LogP contribution in [0.3, 0.4) is 0 Å². The van der Waals surface area contributed by atoms with Crippen LogP contribution in [-0.4, -0.2) is 0 Å². The predicted octanol–water partition coefficient (Wildman–Crippen LogP) is 8.48. The normalized spacial score (nSPS) is 70.9. The first-order chi connectivity index (χ1) is 15.1. The molecule has 3 aromatic rings.